The number of nitrogens with one attached hydrogen (secondary N) is 3. The van der Waals surface area contributed by atoms with Gasteiger partial charge in [-0.2, -0.15) is 0 Å². The van der Waals surface area contributed by atoms with Crippen LogP contribution < -0.4 is 21.7 Å². The first-order valence-corrected chi connectivity index (χ1v) is 19.9. The van der Waals surface area contributed by atoms with E-state index in [9.17, 15) is 43.8 Å². The van der Waals surface area contributed by atoms with Crippen molar-refractivity contribution in [3.63, 3.8) is 0 Å². The van der Waals surface area contributed by atoms with Crippen LogP contribution in [0.5, 0.6) is 5.75 Å². The lowest BCUT2D eigenvalue weighted by Gasteiger charge is -2.31. The zero-order valence-electron chi connectivity index (χ0n) is 32.6. The number of hydrogen-bond donors (Lipinski definition) is 6. The third-order valence-electron chi connectivity index (χ3n) is 11.3. The maximum Gasteiger partial charge on any atom is 0.326 e. The Morgan fingerprint density at radius 3 is 1.84 bits per heavy atom. The number of nitrogens with two attached hydrogens (primary N) is 1. The van der Waals surface area contributed by atoms with Crippen LogP contribution >= 0.6 is 0 Å². The van der Waals surface area contributed by atoms with Gasteiger partial charge < -0.3 is 46.6 Å². The summed E-state index contributed by atoms with van der Waals surface area (Å²) in [5.74, 6) is -4.34. The highest BCUT2D eigenvalue weighted by Crippen LogP contribution is 2.24. The average molecular weight is 790 g/mol. The molecule has 308 valence electrons. The van der Waals surface area contributed by atoms with Crippen LogP contribution in [0, 0.1) is 5.92 Å². The second kappa shape index (κ2) is 19.6. The Bertz CT molecular complexity index is 1780. The van der Waals surface area contributed by atoms with Crippen molar-refractivity contribution in [1.29, 1.82) is 0 Å². The molecule has 3 fully saturated rings. The molecule has 0 aliphatic carbocycles. The summed E-state index contributed by atoms with van der Waals surface area (Å²) in [7, 11) is 0. The van der Waals surface area contributed by atoms with Crippen LogP contribution in [0.15, 0.2) is 54.6 Å². The van der Waals surface area contributed by atoms with Gasteiger partial charge in [-0.05, 0) is 74.1 Å². The summed E-state index contributed by atoms with van der Waals surface area (Å²) in [6.07, 6.45) is 3.59. The number of rotatable bonds is 16. The zero-order chi connectivity index (χ0) is 41.2. The zero-order valence-corrected chi connectivity index (χ0v) is 32.6. The highest BCUT2D eigenvalue weighted by atomic mass is 16.4. The minimum Gasteiger partial charge on any atom is -0.508 e. The Hall–Kier alpha value is -5.51. The Balaban J connectivity index is 1.22. The van der Waals surface area contributed by atoms with Crippen LogP contribution in [0.4, 0.5) is 0 Å². The van der Waals surface area contributed by atoms with E-state index in [1.165, 1.54) is 26.8 Å². The molecular formula is C41H55N7O9. The predicted octanol–water partition coefficient (Wildman–Crippen LogP) is 0.694. The quantitative estimate of drug-likeness (QED) is 0.139. The lowest BCUT2D eigenvalue weighted by molar-refractivity contribution is -0.145. The molecule has 3 heterocycles. The number of likely N-dealkylation sites (tertiary alicyclic amines) is 3. The number of aromatic hydroxyl groups is 1. The van der Waals surface area contributed by atoms with E-state index in [0.717, 1.165) is 11.1 Å². The van der Waals surface area contributed by atoms with Crippen molar-refractivity contribution in [2.24, 2.45) is 11.7 Å². The first-order chi connectivity index (χ1) is 27.3. The van der Waals surface area contributed by atoms with Gasteiger partial charge in [-0.1, -0.05) is 62.7 Å². The van der Waals surface area contributed by atoms with Crippen molar-refractivity contribution in [2.45, 2.75) is 108 Å². The molecule has 3 aliphatic heterocycles. The lowest BCUT2D eigenvalue weighted by Crippen LogP contribution is -2.58. The molecule has 1 unspecified atom stereocenters. The number of phenols is 1. The van der Waals surface area contributed by atoms with Gasteiger partial charge in [0, 0.05) is 26.1 Å². The highest BCUT2D eigenvalue weighted by Gasteiger charge is 2.42. The van der Waals surface area contributed by atoms with Crippen LogP contribution in [0.25, 0.3) is 0 Å². The molecule has 3 saturated heterocycles. The number of aliphatic carboxylic acids is 1. The van der Waals surface area contributed by atoms with Crippen LogP contribution in [0.2, 0.25) is 0 Å². The highest BCUT2D eigenvalue weighted by molar-refractivity contribution is 5.97. The van der Waals surface area contributed by atoms with Crippen molar-refractivity contribution in [3.05, 3.63) is 65.7 Å². The monoisotopic (exact) mass is 789 g/mol. The number of nitrogens with zero attached hydrogens (tertiary/aromatic N) is 3. The number of amides is 6. The van der Waals surface area contributed by atoms with Crippen molar-refractivity contribution >= 4 is 41.4 Å². The molecule has 16 heteroatoms. The average Bonchev–Trinajstić information content (AvgIpc) is 4.01. The molecule has 0 saturated carbocycles. The van der Waals surface area contributed by atoms with E-state index >= 15 is 0 Å². The first kappa shape index (κ1) is 42.6. The van der Waals surface area contributed by atoms with E-state index in [1.807, 2.05) is 37.3 Å². The van der Waals surface area contributed by atoms with Gasteiger partial charge in [0.25, 0.3) is 0 Å². The number of benzene rings is 2. The summed E-state index contributed by atoms with van der Waals surface area (Å²) in [5.41, 5.74) is 7.84. The van der Waals surface area contributed by atoms with Crippen molar-refractivity contribution in [3.8, 4) is 5.75 Å². The number of hydrogen-bond acceptors (Lipinski definition) is 9. The molecule has 2 aromatic rings. The van der Waals surface area contributed by atoms with E-state index in [4.69, 9.17) is 5.73 Å². The molecule has 0 bridgehead atoms. The maximum atomic E-state index is 14.3. The number of carbonyl (C=O) groups is 7. The first-order valence-electron chi connectivity index (χ1n) is 19.9. The molecule has 2 aromatic carbocycles. The Morgan fingerprint density at radius 1 is 0.719 bits per heavy atom. The Kier molecular flexibility index (Phi) is 14.6. The Labute approximate surface area is 332 Å². The molecular weight excluding hydrogens is 734 g/mol. The number of carboxylic acids is 1. The summed E-state index contributed by atoms with van der Waals surface area (Å²) in [6.45, 7) is 3.99. The van der Waals surface area contributed by atoms with E-state index in [-0.39, 0.29) is 37.6 Å². The van der Waals surface area contributed by atoms with Gasteiger partial charge in [0.05, 0.1) is 12.6 Å². The van der Waals surface area contributed by atoms with Gasteiger partial charge in [-0.15, -0.1) is 0 Å². The summed E-state index contributed by atoms with van der Waals surface area (Å²) in [6, 6.07) is 9.81. The van der Waals surface area contributed by atoms with Crippen LogP contribution in [-0.2, 0) is 46.4 Å². The van der Waals surface area contributed by atoms with Crippen molar-refractivity contribution in [2.75, 3.05) is 26.2 Å². The van der Waals surface area contributed by atoms with E-state index < -0.39 is 84.2 Å². The molecule has 57 heavy (non-hydrogen) atoms. The smallest absolute Gasteiger partial charge is 0.326 e. The van der Waals surface area contributed by atoms with E-state index in [2.05, 4.69) is 16.0 Å². The Morgan fingerprint density at radius 2 is 1.25 bits per heavy atom. The van der Waals surface area contributed by atoms with E-state index in [1.54, 1.807) is 19.1 Å². The third kappa shape index (κ3) is 10.7. The molecule has 7 N–H and O–H groups in total. The van der Waals surface area contributed by atoms with Gasteiger partial charge >= 0.3 is 5.97 Å². The molecule has 6 amide bonds. The van der Waals surface area contributed by atoms with Crippen molar-refractivity contribution < 1.29 is 43.8 Å². The second-order valence-electron chi connectivity index (χ2n) is 15.3. The lowest BCUT2D eigenvalue weighted by atomic mass is 9.99. The van der Waals surface area contributed by atoms with Gasteiger partial charge in [0.2, 0.25) is 35.4 Å². The number of carbonyl (C=O) groups excluding carboxylic acids is 6. The SMILES string of the molecule is CCC(C)[C@H](NC(=O)[C@@H]1CCCN1C(=O)CNC(=O)[C@@H]1CCCN1C(=O)[C@H](Cc1ccccc1)NC(=O)[C@@H]1CCCN1C(=O)[C@@H](N)Cc1ccc(O)cc1)C(=O)O. The fourth-order valence-electron chi connectivity index (χ4n) is 7.96. The number of phenolic OH excluding ortho intramolecular Hbond substituents is 1. The molecule has 7 atom stereocenters. The summed E-state index contributed by atoms with van der Waals surface area (Å²) >= 11 is 0. The standard InChI is InChI=1S/C41H55N7O9/c1-3-25(2)35(41(56)57)45-38(53)32-13-7-19-46(32)34(50)24-43-36(51)31-12-8-21-48(31)40(55)30(23-26-10-5-4-6-11-26)44-37(52)33-14-9-20-47(33)39(54)29(42)22-27-15-17-28(49)18-16-27/h4-6,10-11,15-18,25,29-33,35,49H,3,7-9,12-14,19-24,42H2,1-2H3,(H,43,51)(H,44,52)(H,45,53)(H,56,57)/t25?,29-,30-,31-,32-,33-,35-/m0/s1. The van der Waals surface area contributed by atoms with Crippen LogP contribution in [-0.4, -0.2) is 129 Å². The molecule has 16 nitrogen and oxygen atoms in total. The van der Waals surface area contributed by atoms with Gasteiger partial charge in [-0.3, -0.25) is 28.8 Å². The second-order valence-corrected chi connectivity index (χ2v) is 15.3. The summed E-state index contributed by atoms with van der Waals surface area (Å²) in [4.78, 5) is 97.7. The van der Waals surface area contributed by atoms with Crippen molar-refractivity contribution in [1.82, 2.24) is 30.7 Å². The predicted molar refractivity (Wildman–Crippen MR) is 208 cm³/mol. The van der Waals surface area contributed by atoms with Gasteiger partial charge in [0.15, 0.2) is 0 Å². The maximum absolute atomic E-state index is 14.3. The third-order valence-corrected chi connectivity index (χ3v) is 11.3. The van der Waals surface area contributed by atoms with E-state index in [0.29, 0.717) is 51.5 Å². The van der Waals surface area contributed by atoms with Crippen LogP contribution in [0.1, 0.15) is 69.9 Å². The number of carboxylic acid groups (broad SMARTS) is 1. The molecule has 3 aliphatic rings. The largest absolute Gasteiger partial charge is 0.508 e. The molecule has 0 aromatic heterocycles. The van der Waals surface area contributed by atoms with Gasteiger partial charge in [-0.25, -0.2) is 4.79 Å². The molecule has 0 radical (unpaired) electrons. The fourth-order valence-corrected chi connectivity index (χ4v) is 7.96. The summed E-state index contributed by atoms with van der Waals surface area (Å²) in [5, 5.41) is 27.4. The topological polar surface area (TPSA) is 232 Å². The van der Waals surface area contributed by atoms with Crippen LogP contribution in [0.3, 0.4) is 0 Å². The minimum atomic E-state index is -1.15. The fraction of sp³-hybridized carbons (Fsp3) is 0.537. The van der Waals surface area contributed by atoms with Gasteiger partial charge in [0.1, 0.15) is 36.0 Å². The molecule has 0 spiro atoms. The summed E-state index contributed by atoms with van der Waals surface area (Å²) < 4.78 is 0. The normalized spacial score (nSPS) is 21.3. The minimum absolute atomic E-state index is 0.0934. The molecule has 5 rings (SSSR count).